The summed E-state index contributed by atoms with van der Waals surface area (Å²) in [6, 6.07) is -0.716. The molecule has 0 radical (unpaired) electrons. The fraction of sp³-hybridized carbons (Fsp3) is 0.692. The highest BCUT2D eigenvalue weighted by atomic mass is 35.5. The van der Waals surface area contributed by atoms with Crippen LogP contribution in [-0.2, 0) is 9.53 Å². The predicted octanol–water partition coefficient (Wildman–Crippen LogP) is 4.32. The van der Waals surface area contributed by atoms with Crippen LogP contribution in [0.25, 0.3) is 0 Å². The maximum absolute atomic E-state index is 13.7. The van der Waals surface area contributed by atoms with Crippen LogP contribution in [0.5, 0.6) is 0 Å². The Morgan fingerprint density at radius 2 is 1.97 bits per heavy atom. The Hall–Kier alpha value is -1.99. The molecule has 1 aliphatic carbocycles. The monoisotopic (exact) mass is 493 g/mol. The van der Waals surface area contributed by atoms with Crippen molar-refractivity contribution in [3.63, 3.8) is 0 Å². The number of alkyl carbamates (subject to hydrolysis) is 1. The second-order valence-corrected chi connectivity index (χ2v) is 11.5. The van der Waals surface area contributed by atoms with E-state index < -0.39 is 17.7 Å². The molecule has 0 aromatic rings. The van der Waals surface area contributed by atoms with Gasteiger partial charge in [0, 0.05) is 24.7 Å². The molecule has 2 aliphatic heterocycles. The van der Waals surface area contributed by atoms with Crippen LogP contribution in [0.4, 0.5) is 4.79 Å². The Morgan fingerprint density at radius 3 is 2.50 bits per heavy atom. The first kappa shape index (κ1) is 26.6. The number of carbonyl (C=O) groups excluding carboxylic acids is 2. The number of allylic oxidation sites excluding steroid dienone is 5. The number of likely N-dealkylation sites (tertiary alicyclic amines) is 1. The highest BCUT2D eigenvalue weighted by Gasteiger charge is 2.42. The number of nitrogens with zero attached hydrogens (tertiary/aromatic N) is 2. The van der Waals surface area contributed by atoms with Crippen LogP contribution >= 0.6 is 11.6 Å². The fourth-order valence-electron chi connectivity index (χ4n) is 4.97. The lowest BCUT2D eigenvalue weighted by Crippen LogP contribution is -2.59. The Morgan fingerprint density at radius 1 is 1.26 bits per heavy atom. The topological polar surface area (TPSA) is 82.1 Å². The van der Waals surface area contributed by atoms with Crippen molar-refractivity contribution in [2.24, 2.45) is 5.41 Å². The third kappa shape index (κ3) is 6.79. The molecule has 1 saturated heterocycles. The fourth-order valence-corrected chi connectivity index (χ4v) is 5.11. The van der Waals surface area contributed by atoms with Crippen molar-refractivity contribution in [2.45, 2.75) is 83.4 Å². The Balaban J connectivity index is 1.71. The van der Waals surface area contributed by atoms with Crippen LogP contribution in [0.3, 0.4) is 0 Å². The van der Waals surface area contributed by atoms with Crippen molar-refractivity contribution in [1.82, 2.24) is 15.1 Å². The van der Waals surface area contributed by atoms with Gasteiger partial charge in [-0.05, 0) is 77.0 Å². The van der Waals surface area contributed by atoms with E-state index in [1.165, 1.54) is 0 Å². The Kier molecular flexibility index (Phi) is 8.40. The van der Waals surface area contributed by atoms with Gasteiger partial charge >= 0.3 is 6.09 Å². The van der Waals surface area contributed by atoms with E-state index in [1.807, 2.05) is 23.1 Å². The molecule has 3 rings (SSSR count). The van der Waals surface area contributed by atoms with Crippen LogP contribution < -0.4 is 5.32 Å². The molecule has 0 aromatic carbocycles. The Bertz CT molecular complexity index is 839. The largest absolute Gasteiger partial charge is 0.444 e. The van der Waals surface area contributed by atoms with Gasteiger partial charge < -0.3 is 25.0 Å². The number of rotatable bonds is 6. The van der Waals surface area contributed by atoms with Crippen molar-refractivity contribution in [1.29, 1.82) is 0 Å². The number of aliphatic hydroxyl groups excluding tert-OH is 1. The third-order valence-corrected chi connectivity index (χ3v) is 7.31. The molecule has 3 aliphatic rings. The molecule has 2 N–H and O–H groups in total. The zero-order valence-corrected chi connectivity index (χ0v) is 21.7. The minimum absolute atomic E-state index is 0.0644. The van der Waals surface area contributed by atoms with Crippen LogP contribution in [-0.4, -0.2) is 70.3 Å². The minimum Gasteiger partial charge on any atom is -0.444 e. The predicted molar refractivity (Wildman–Crippen MR) is 134 cm³/mol. The summed E-state index contributed by atoms with van der Waals surface area (Å²) in [5.74, 6) is -0.109. The van der Waals surface area contributed by atoms with Gasteiger partial charge in [-0.1, -0.05) is 36.8 Å². The number of halogens is 1. The lowest BCUT2D eigenvalue weighted by Gasteiger charge is -2.49. The molecule has 34 heavy (non-hydrogen) atoms. The maximum Gasteiger partial charge on any atom is 0.408 e. The summed E-state index contributed by atoms with van der Waals surface area (Å²) in [5, 5.41) is 13.8. The number of carbonyl (C=O) groups is 2. The van der Waals surface area contributed by atoms with Gasteiger partial charge in [0.1, 0.15) is 11.6 Å². The number of ether oxygens (including phenoxy) is 1. The van der Waals surface area contributed by atoms with Crippen molar-refractivity contribution < 1.29 is 19.4 Å². The summed E-state index contributed by atoms with van der Waals surface area (Å²) >= 11 is 6.11. The number of nitrogens with one attached hydrogen (secondary N) is 1. The molecule has 1 fully saturated rings. The summed E-state index contributed by atoms with van der Waals surface area (Å²) < 4.78 is 5.46. The standard InChI is InChI=1S/C26H40ClN3O4/c1-24(2,3)34-23(33)28-21(18-25(4)10-8-20(27)9-11-25)22(32)29-16-12-26(19-31,13-17-29)30-14-6-5-7-15-30/h6,8-10,14,21,31H,5,7,11-13,15-19H2,1-4H3,(H,28,33)/t21-,25?/m1/s1. The molecule has 190 valence electrons. The van der Waals surface area contributed by atoms with Crippen LogP contribution in [0.15, 0.2) is 35.5 Å². The SMILES string of the molecule is CC1(C[C@@H](NC(=O)OC(C)(C)C)C(=O)N2CCC(CO)(N3C=CCCC3)CC2)C=CC(Cl)=CC1. The normalized spacial score (nSPS) is 25.5. The van der Waals surface area contributed by atoms with E-state index in [-0.39, 0.29) is 23.5 Å². The average Bonchev–Trinajstić information content (AvgIpc) is 2.80. The second kappa shape index (κ2) is 10.7. The van der Waals surface area contributed by atoms with Gasteiger partial charge in [-0.3, -0.25) is 4.79 Å². The third-order valence-electron chi connectivity index (χ3n) is 7.03. The summed E-state index contributed by atoms with van der Waals surface area (Å²) in [6.45, 7) is 9.53. The molecular formula is C26H40ClN3O4. The first-order chi connectivity index (χ1) is 16.0. The molecule has 0 saturated carbocycles. The van der Waals surface area contributed by atoms with Crippen molar-refractivity contribution in [2.75, 3.05) is 26.2 Å². The summed E-state index contributed by atoms with van der Waals surface area (Å²) in [5.41, 5.74) is -1.30. The van der Waals surface area contributed by atoms with Gasteiger partial charge in [-0.2, -0.15) is 0 Å². The van der Waals surface area contributed by atoms with E-state index in [0.29, 0.717) is 43.8 Å². The highest BCUT2D eigenvalue weighted by Crippen LogP contribution is 2.36. The summed E-state index contributed by atoms with van der Waals surface area (Å²) in [6.07, 6.45) is 14.1. The molecule has 2 amide bonds. The number of hydrogen-bond acceptors (Lipinski definition) is 5. The number of hydrogen-bond donors (Lipinski definition) is 2. The van der Waals surface area contributed by atoms with Gasteiger partial charge in [-0.15, -0.1) is 0 Å². The lowest BCUT2D eigenvalue weighted by molar-refractivity contribution is -0.137. The van der Waals surface area contributed by atoms with E-state index in [9.17, 15) is 14.7 Å². The van der Waals surface area contributed by atoms with E-state index in [0.717, 1.165) is 19.4 Å². The lowest BCUT2D eigenvalue weighted by atomic mass is 9.77. The summed E-state index contributed by atoms with van der Waals surface area (Å²) in [4.78, 5) is 30.3. The van der Waals surface area contributed by atoms with Crippen molar-refractivity contribution in [3.05, 3.63) is 35.5 Å². The molecule has 2 atom stereocenters. The van der Waals surface area contributed by atoms with Crippen molar-refractivity contribution >= 4 is 23.6 Å². The Labute approximate surface area is 208 Å². The number of amides is 2. The van der Waals surface area contributed by atoms with Gasteiger partial charge in [-0.25, -0.2) is 4.79 Å². The quantitative estimate of drug-likeness (QED) is 0.575. The van der Waals surface area contributed by atoms with Crippen molar-refractivity contribution in [3.8, 4) is 0 Å². The second-order valence-electron chi connectivity index (χ2n) is 11.1. The zero-order chi connectivity index (χ0) is 25.0. The van der Waals surface area contributed by atoms with Crippen LogP contribution in [0.1, 0.15) is 66.2 Å². The highest BCUT2D eigenvalue weighted by molar-refractivity contribution is 6.31. The molecule has 0 aromatic heterocycles. The van der Waals surface area contributed by atoms with E-state index >= 15 is 0 Å². The maximum atomic E-state index is 13.7. The first-order valence-electron chi connectivity index (χ1n) is 12.3. The zero-order valence-electron chi connectivity index (χ0n) is 21.0. The molecular weight excluding hydrogens is 454 g/mol. The van der Waals surface area contributed by atoms with Crippen LogP contribution in [0, 0.1) is 5.41 Å². The smallest absolute Gasteiger partial charge is 0.408 e. The molecule has 0 spiro atoms. The minimum atomic E-state index is -0.716. The summed E-state index contributed by atoms with van der Waals surface area (Å²) in [7, 11) is 0. The molecule has 1 unspecified atom stereocenters. The van der Waals surface area contributed by atoms with Gasteiger partial charge in [0.25, 0.3) is 0 Å². The van der Waals surface area contributed by atoms with E-state index in [2.05, 4.69) is 29.4 Å². The van der Waals surface area contributed by atoms with Gasteiger partial charge in [0.05, 0.1) is 12.1 Å². The number of piperidine rings is 1. The molecule has 7 nitrogen and oxygen atoms in total. The molecule has 0 bridgehead atoms. The van der Waals surface area contributed by atoms with Gasteiger partial charge in [0.15, 0.2) is 0 Å². The number of aliphatic hydroxyl groups is 1. The van der Waals surface area contributed by atoms with Crippen LogP contribution in [0.2, 0.25) is 0 Å². The first-order valence-corrected chi connectivity index (χ1v) is 12.7. The van der Waals surface area contributed by atoms with Gasteiger partial charge in [0.2, 0.25) is 5.91 Å². The van der Waals surface area contributed by atoms with E-state index in [1.54, 1.807) is 20.8 Å². The van der Waals surface area contributed by atoms with E-state index in [4.69, 9.17) is 16.3 Å². The molecule has 8 heteroatoms. The average molecular weight is 494 g/mol. The molecule has 2 heterocycles.